The predicted octanol–water partition coefficient (Wildman–Crippen LogP) is 2.92. The second-order valence-electron chi connectivity index (χ2n) is 2.50. The quantitative estimate of drug-likeness (QED) is 0.557. The average Bonchev–Trinajstić information content (AvgIpc) is 1.79. The van der Waals surface area contributed by atoms with E-state index in [9.17, 15) is 0 Å². The molecule has 1 fully saturated rings. The maximum atomic E-state index is 5.80. The van der Waals surface area contributed by atoms with Gasteiger partial charge in [-0.1, -0.05) is 45.7 Å². The normalized spacial score (nSPS) is 20.5. The zero-order valence-electron chi connectivity index (χ0n) is 7.03. The van der Waals surface area contributed by atoms with Gasteiger partial charge in [-0.2, -0.15) is 0 Å². The molecule has 1 nitrogen and oxygen atoms in total. The van der Waals surface area contributed by atoms with Crippen LogP contribution in [0.25, 0.3) is 0 Å². The van der Waals surface area contributed by atoms with Crippen LogP contribution in [-0.2, 0) is 0 Å². The first-order valence-corrected chi connectivity index (χ1v) is 4.02. The highest BCUT2D eigenvalue weighted by atomic mass is 35.5. The van der Waals surface area contributed by atoms with Crippen molar-refractivity contribution in [3.63, 3.8) is 0 Å². The van der Waals surface area contributed by atoms with Gasteiger partial charge in [0.1, 0.15) is 5.50 Å². The van der Waals surface area contributed by atoms with Crippen LogP contribution < -0.4 is 5.32 Å². The van der Waals surface area contributed by atoms with Crippen LogP contribution >= 0.6 is 11.6 Å². The van der Waals surface area contributed by atoms with Crippen LogP contribution in [0.3, 0.4) is 0 Å². The molecule has 1 N–H and O–H groups in total. The summed E-state index contributed by atoms with van der Waals surface area (Å²) in [7, 11) is 0. The van der Waals surface area contributed by atoms with Gasteiger partial charge in [0.25, 0.3) is 0 Å². The minimum atomic E-state index is 0. The Kier molecular flexibility index (Phi) is 10.5. The Morgan fingerprint density at radius 2 is 1.64 bits per heavy atom. The molecule has 65 valence electrons. The van der Waals surface area contributed by atoms with Crippen LogP contribution in [0, 0.1) is 20.4 Å². The van der Waals surface area contributed by atoms with E-state index < -0.39 is 0 Å². The molecule has 1 aliphatic heterocycles. The molecule has 0 aliphatic carbocycles. The standard InChI is InChI=1S/C7H13ClN.2CH2/c8-7-5-3-1-2-4-6-9-7;;/h9H,1-6H2;2*1H2. The van der Waals surface area contributed by atoms with E-state index in [1.807, 2.05) is 0 Å². The lowest BCUT2D eigenvalue weighted by atomic mass is 10.1. The zero-order valence-corrected chi connectivity index (χ0v) is 7.79. The summed E-state index contributed by atoms with van der Waals surface area (Å²) >= 11 is 5.80. The van der Waals surface area contributed by atoms with Gasteiger partial charge in [-0.25, -0.2) is 0 Å². The molecule has 2 heteroatoms. The second kappa shape index (κ2) is 8.35. The largest absolute Gasteiger partial charge is 0.296 e. The Bertz CT molecular complexity index is 68.0. The zero-order chi connectivity index (χ0) is 6.53. The first kappa shape index (κ1) is 13.8. The molecule has 0 aromatic rings. The van der Waals surface area contributed by atoms with Gasteiger partial charge in [0.15, 0.2) is 0 Å². The summed E-state index contributed by atoms with van der Waals surface area (Å²) in [5, 5.41) is 3.17. The van der Waals surface area contributed by atoms with E-state index in [1.54, 1.807) is 0 Å². The molecule has 5 radical (unpaired) electrons. The Morgan fingerprint density at radius 1 is 1.00 bits per heavy atom. The molecule has 1 rings (SSSR count). The van der Waals surface area contributed by atoms with Gasteiger partial charge in [0, 0.05) is 0 Å². The number of rotatable bonds is 0. The highest BCUT2D eigenvalue weighted by Gasteiger charge is 2.06. The van der Waals surface area contributed by atoms with Gasteiger partial charge < -0.3 is 0 Å². The maximum absolute atomic E-state index is 5.80. The Balaban J connectivity index is 0. The van der Waals surface area contributed by atoms with E-state index in [1.165, 1.54) is 25.7 Å². The third-order valence-electron chi connectivity index (χ3n) is 1.64. The van der Waals surface area contributed by atoms with E-state index in [0.717, 1.165) is 18.5 Å². The molecule has 0 amide bonds. The monoisotopic (exact) mass is 174 g/mol. The van der Waals surface area contributed by atoms with Gasteiger partial charge in [-0.05, 0) is 19.4 Å². The maximum Gasteiger partial charge on any atom is 0.126 e. The summed E-state index contributed by atoms with van der Waals surface area (Å²) in [4.78, 5) is 0. The molecule has 0 atom stereocenters. The van der Waals surface area contributed by atoms with Gasteiger partial charge in [0.05, 0.1) is 0 Å². The molecule has 0 aromatic carbocycles. The van der Waals surface area contributed by atoms with E-state index in [-0.39, 0.29) is 14.9 Å². The van der Waals surface area contributed by atoms with Crippen LogP contribution in [0.5, 0.6) is 0 Å². The summed E-state index contributed by atoms with van der Waals surface area (Å²) in [6.07, 6.45) is 6.29. The van der Waals surface area contributed by atoms with Crippen LogP contribution in [-0.4, -0.2) is 6.54 Å². The molecule has 0 spiro atoms. The Hall–Kier alpha value is 0.250. The Labute approximate surface area is 76.5 Å². The third-order valence-corrected chi connectivity index (χ3v) is 1.96. The molecular formula is C9H17ClN. The second-order valence-corrected chi connectivity index (χ2v) is 2.95. The van der Waals surface area contributed by atoms with Crippen LogP contribution in [0.15, 0.2) is 0 Å². The number of hydrogen-bond donors (Lipinski definition) is 1. The van der Waals surface area contributed by atoms with Crippen LogP contribution in [0.4, 0.5) is 0 Å². The van der Waals surface area contributed by atoms with Crippen molar-refractivity contribution in [2.45, 2.75) is 32.1 Å². The highest BCUT2D eigenvalue weighted by Crippen LogP contribution is 2.16. The van der Waals surface area contributed by atoms with E-state index >= 15 is 0 Å². The third kappa shape index (κ3) is 6.64. The molecule has 11 heavy (non-hydrogen) atoms. The number of halogens is 1. The van der Waals surface area contributed by atoms with Crippen LogP contribution in [0.2, 0.25) is 0 Å². The fraction of sp³-hybridized carbons (Fsp3) is 0.667. The van der Waals surface area contributed by atoms with Crippen molar-refractivity contribution in [3.05, 3.63) is 20.4 Å². The first-order chi connectivity index (χ1) is 4.39. The lowest BCUT2D eigenvalue weighted by Crippen LogP contribution is -2.19. The fourth-order valence-corrected chi connectivity index (χ4v) is 1.30. The summed E-state index contributed by atoms with van der Waals surface area (Å²) in [6.45, 7) is 1.07. The lowest BCUT2D eigenvalue weighted by Gasteiger charge is -2.13. The molecule has 0 saturated carbocycles. The van der Waals surface area contributed by atoms with Crippen molar-refractivity contribution in [2.75, 3.05) is 6.54 Å². The fourth-order valence-electron chi connectivity index (χ4n) is 1.07. The molecule has 0 unspecified atom stereocenters. The molecule has 1 aliphatic rings. The highest BCUT2D eigenvalue weighted by molar-refractivity contribution is 6.26. The lowest BCUT2D eigenvalue weighted by molar-refractivity contribution is 0.545. The first-order valence-electron chi connectivity index (χ1n) is 3.65. The van der Waals surface area contributed by atoms with Gasteiger partial charge in [-0.15, -0.1) is 0 Å². The van der Waals surface area contributed by atoms with Gasteiger partial charge in [0.2, 0.25) is 0 Å². The number of hydrogen-bond acceptors (Lipinski definition) is 1. The number of nitrogens with one attached hydrogen (secondary N) is 1. The Morgan fingerprint density at radius 3 is 2.36 bits per heavy atom. The summed E-state index contributed by atoms with van der Waals surface area (Å²) in [5.41, 5.74) is 0.953. The van der Waals surface area contributed by atoms with Crippen LogP contribution in [0.1, 0.15) is 32.1 Å². The van der Waals surface area contributed by atoms with E-state index in [4.69, 9.17) is 11.6 Å². The van der Waals surface area contributed by atoms with Crippen molar-refractivity contribution >= 4 is 11.6 Å². The predicted molar refractivity (Wildman–Crippen MR) is 50.9 cm³/mol. The topological polar surface area (TPSA) is 12.0 Å². The summed E-state index contributed by atoms with van der Waals surface area (Å²) in [5.74, 6) is 0. The minimum absolute atomic E-state index is 0. The van der Waals surface area contributed by atoms with Crippen molar-refractivity contribution < 1.29 is 0 Å². The summed E-state index contributed by atoms with van der Waals surface area (Å²) in [6, 6.07) is 0. The van der Waals surface area contributed by atoms with E-state index in [2.05, 4.69) is 5.32 Å². The average molecular weight is 175 g/mol. The van der Waals surface area contributed by atoms with Gasteiger partial charge >= 0.3 is 0 Å². The molecule has 1 saturated heterocycles. The van der Waals surface area contributed by atoms with Crippen molar-refractivity contribution in [1.82, 2.24) is 5.32 Å². The van der Waals surface area contributed by atoms with Crippen molar-refractivity contribution in [1.29, 1.82) is 0 Å². The van der Waals surface area contributed by atoms with Crippen molar-refractivity contribution in [2.24, 2.45) is 0 Å². The van der Waals surface area contributed by atoms with E-state index in [0.29, 0.717) is 0 Å². The SMILES string of the molecule is Cl[C]1CCCCCCN1.[CH2].[CH2]. The molecule has 0 aromatic heterocycles. The molecular weight excluding hydrogens is 158 g/mol. The summed E-state index contributed by atoms with van der Waals surface area (Å²) < 4.78 is 0. The van der Waals surface area contributed by atoms with Crippen molar-refractivity contribution in [3.8, 4) is 0 Å². The van der Waals surface area contributed by atoms with Gasteiger partial charge in [-0.3, -0.25) is 5.32 Å². The molecule has 0 bridgehead atoms. The minimum Gasteiger partial charge on any atom is -0.296 e. The molecule has 1 heterocycles. The smallest absolute Gasteiger partial charge is 0.126 e.